The monoisotopic (exact) mass is 238 g/mol. The van der Waals surface area contributed by atoms with Gasteiger partial charge in [-0.3, -0.25) is 4.57 Å². The van der Waals surface area contributed by atoms with Crippen molar-refractivity contribution in [2.75, 3.05) is 13.0 Å². The van der Waals surface area contributed by atoms with E-state index in [0.29, 0.717) is 6.61 Å². The maximum atomic E-state index is 12.1. The van der Waals surface area contributed by atoms with Crippen LogP contribution >= 0.6 is 7.60 Å². The molecule has 0 aliphatic carbocycles. The molecule has 0 saturated carbocycles. The van der Waals surface area contributed by atoms with Crippen molar-refractivity contribution >= 4 is 7.60 Å². The lowest BCUT2D eigenvalue weighted by Gasteiger charge is -2.22. The molecular formula is C10H23O4P. The van der Waals surface area contributed by atoms with Crippen molar-refractivity contribution in [3.63, 3.8) is 0 Å². The summed E-state index contributed by atoms with van der Waals surface area (Å²) in [5.74, 6) is 0. The smallest absolute Gasteiger partial charge is 0.356 e. The lowest BCUT2D eigenvalue weighted by atomic mass is 10.5. The lowest BCUT2D eigenvalue weighted by molar-refractivity contribution is 0.0989. The molecule has 92 valence electrons. The first-order valence-electron chi connectivity index (χ1n) is 5.43. The Bertz CT molecular complexity index is 190. The van der Waals surface area contributed by atoms with Gasteiger partial charge in [0.15, 0.2) is 0 Å². The van der Waals surface area contributed by atoms with E-state index in [1.54, 1.807) is 0 Å². The number of hydrogen-bond donors (Lipinski definition) is 0. The van der Waals surface area contributed by atoms with Gasteiger partial charge in [-0.1, -0.05) is 6.92 Å². The minimum atomic E-state index is -3.08. The molecular weight excluding hydrogens is 215 g/mol. The zero-order chi connectivity index (χ0) is 11.9. The van der Waals surface area contributed by atoms with Crippen LogP contribution in [-0.4, -0.2) is 25.2 Å². The Labute approximate surface area is 92.8 Å². The third-order valence-electron chi connectivity index (χ3n) is 1.34. The van der Waals surface area contributed by atoms with E-state index in [1.807, 2.05) is 34.6 Å². The van der Waals surface area contributed by atoms with E-state index in [1.165, 1.54) is 0 Å². The maximum absolute atomic E-state index is 12.1. The van der Waals surface area contributed by atoms with E-state index in [2.05, 4.69) is 0 Å². The van der Waals surface area contributed by atoms with Gasteiger partial charge >= 0.3 is 7.60 Å². The molecule has 0 radical (unpaired) electrons. The first-order valence-corrected chi connectivity index (χ1v) is 7.16. The normalized spacial score (nSPS) is 12.7. The third-order valence-corrected chi connectivity index (χ3v) is 3.33. The fourth-order valence-corrected chi connectivity index (χ4v) is 2.86. The summed E-state index contributed by atoms with van der Waals surface area (Å²) in [7, 11) is -3.08. The van der Waals surface area contributed by atoms with Crippen LogP contribution in [0.15, 0.2) is 0 Å². The highest BCUT2D eigenvalue weighted by molar-refractivity contribution is 7.53. The Balaban J connectivity index is 4.21. The summed E-state index contributed by atoms with van der Waals surface area (Å²) in [6.07, 6.45) is 0.681. The molecule has 0 bridgehead atoms. The zero-order valence-corrected chi connectivity index (χ0v) is 11.3. The fourth-order valence-electron chi connectivity index (χ4n) is 1.05. The third kappa shape index (κ3) is 7.97. The zero-order valence-electron chi connectivity index (χ0n) is 10.4. The molecule has 0 saturated heterocycles. The van der Waals surface area contributed by atoms with Crippen LogP contribution in [0.1, 0.15) is 41.0 Å². The number of rotatable bonds is 8. The summed E-state index contributed by atoms with van der Waals surface area (Å²) >= 11 is 0. The summed E-state index contributed by atoms with van der Waals surface area (Å²) in [5, 5.41) is 0. The van der Waals surface area contributed by atoms with Crippen LogP contribution in [0.5, 0.6) is 0 Å². The van der Waals surface area contributed by atoms with Gasteiger partial charge in [-0.2, -0.15) is 0 Å². The summed E-state index contributed by atoms with van der Waals surface area (Å²) in [6.45, 7) is 9.89. The van der Waals surface area contributed by atoms with Gasteiger partial charge in [0, 0.05) is 6.61 Å². The second-order valence-corrected chi connectivity index (χ2v) is 5.86. The van der Waals surface area contributed by atoms with Crippen LogP contribution in [0.4, 0.5) is 0 Å². The Morgan fingerprint density at radius 2 is 1.53 bits per heavy atom. The average Bonchev–Trinajstić information content (AvgIpc) is 2.00. The van der Waals surface area contributed by atoms with Gasteiger partial charge < -0.3 is 13.8 Å². The number of hydrogen-bond acceptors (Lipinski definition) is 4. The van der Waals surface area contributed by atoms with Crippen molar-refractivity contribution in [3.05, 3.63) is 0 Å². The first-order chi connectivity index (χ1) is 6.89. The van der Waals surface area contributed by atoms with Crippen molar-refractivity contribution in [2.45, 2.75) is 53.2 Å². The van der Waals surface area contributed by atoms with E-state index < -0.39 is 7.60 Å². The molecule has 0 N–H and O–H groups in total. The maximum Gasteiger partial charge on any atom is 0.356 e. The molecule has 0 spiro atoms. The van der Waals surface area contributed by atoms with Crippen LogP contribution in [0, 0.1) is 0 Å². The largest absolute Gasteiger partial charge is 0.369 e. The van der Waals surface area contributed by atoms with Crippen molar-refractivity contribution in [2.24, 2.45) is 0 Å². The fraction of sp³-hybridized carbons (Fsp3) is 1.00. The highest BCUT2D eigenvalue weighted by Crippen LogP contribution is 2.50. The van der Waals surface area contributed by atoms with Crippen LogP contribution in [-0.2, 0) is 18.3 Å². The van der Waals surface area contributed by atoms with Gasteiger partial charge in [0.1, 0.15) is 6.35 Å². The topological polar surface area (TPSA) is 44.8 Å². The molecule has 5 heteroatoms. The van der Waals surface area contributed by atoms with Crippen LogP contribution in [0.2, 0.25) is 0 Å². The Morgan fingerprint density at radius 1 is 1.07 bits per heavy atom. The molecule has 0 aromatic rings. The van der Waals surface area contributed by atoms with E-state index in [9.17, 15) is 4.57 Å². The Hall–Kier alpha value is 0.110. The summed E-state index contributed by atoms with van der Waals surface area (Å²) in [6, 6.07) is 0. The minimum Gasteiger partial charge on any atom is -0.369 e. The predicted molar refractivity (Wildman–Crippen MR) is 61.2 cm³/mol. The van der Waals surface area contributed by atoms with Crippen LogP contribution in [0.3, 0.4) is 0 Å². The minimum absolute atomic E-state index is 0.0389. The molecule has 0 aromatic heterocycles. The highest BCUT2D eigenvalue weighted by atomic mass is 31.2. The quantitative estimate of drug-likeness (QED) is 0.480. The molecule has 4 nitrogen and oxygen atoms in total. The van der Waals surface area contributed by atoms with Gasteiger partial charge in [0.05, 0.1) is 12.2 Å². The molecule has 0 atom stereocenters. The molecule has 0 amide bonds. The SMILES string of the molecule is CCCOCP(=O)(OC(C)C)OC(C)C. The van der Waals surface area contributed by atoms with Gasteiger partial charge in [0.25, 0.3) is 0 Å². The van der Waals surface area contributed by atoms with Crippen molar-refractivity contribution in [1.82, 2.24) is 0 Å². The molecule has 15 heavy (non-hydrogen) atoms. The Morgan fingerprint density at radius 3 is 1.87 bits per heavy atom. The Kier molecular flexibility index (Phi) is 7.45. The summed E-state index contributed by atoms with van der Waals surface area (Å²) in [4.78, 5) is 0. The van der Waals surface area contributed by atoms with E-state index in [4.69, 9.17) is 13.8 Å². The van der Waals surface area contributed by atoms with Crippen LogP contribution in [0.25, 0.3) is 0 Å². The second-order valence-electron chi connectivity index (χ2n) is 3.96. The van der Waals surface area contributed by atoms with Crippen molar-refractivity contribution in [3.8, 4) is 0 Å². The molecule has 0 unspecified atom stereocenters. The standard InChI is InChI=1S/C10H23O4P/c1-6-7-12-8-15(11,13-9(2)3)14-10(4)5/h9-10H,6-8H2,1-5H3. The molecule has 0 fully saturated rings. The second kappa shape index (κ2) is 7.39. The molecule has 0 rings (SSSR count). The average molecular weight is 238 g/mol. The first kappa shape index (κ1) is 15.1. The van der Waals surface area contributed by atoms with Gasteiger partial charge in [-0.05, 0) is 34.1 Å². The molecule has 0 aromatic carbocycles. The lowest BCUT2D eigenvalue weighted by Crippen LogP contribution is -2.12. The molecule has 0 aliphatic heterocycles. The van der Waals surface area contributed by atoms with Crippen molar-refractivity contribution < 1.29 is 18.3 Å². The summed E-state index contributed by atoms with van der Waals surface area (Å²) in [5.41, 5.74) is 0. The van der Waals surface area contributed by atoms with Gasteiger partial charge in [-0.15, -0.1) is 0 Å². The summed E-state index contributed by atoms with van der Waals surface area (Å²) < 4.78 is 28.0. The molecule has 0 aliphatic rings. The predicted octanol–water partition coefficient (Wildman–Crippen LogP) is 3.41. The van der Waals surface area contributed by atoms with Crippen molar-refractivity contribution in [1.29, 1.82) is 0 Å². The van der Waals surface area contributed by atoms with Gasteiger partial charge in [-0.25, -0.2) is 0 Å². The highest BCUT2D eigenvalue weighted by Gasteiger charge is 2.27. The van der Waals surface area contributed by atoms with E-state index >= 15 is 0 Å². The van der Waals surface area contributed by atoms with E-state index in [0.717, 1.165) is 6.42 Å². The number of ether oxygens (including phenoxy) is 1. The van der Waals surface area contributed by atoms with E-state index in [-0.39, 0.29) is 18.6 Å². The van der Waals surface area contributed by atoms with Gasteiger partial charge in [0.2, 0.25) is 0 Å². The molecule has 0 heterocycles. The van der Waals surface area contributed by atoms with Crippen LogP contribution < -0.4 is 0 Å².